The molecule has 2 nitrogen and oxygen atoms in total. The van der Waals surface area contributed by atoms with Crippen LogP contribution in [0.2, 0.25) is 0 Å². The van der Waals surface area contributed by atoms with Crippen molar-refractivity contribution < 1.29 is 4.74 Å². The molecule has 1 N–H and O–H groups in total. The Labute approximate surface area is 92.6 Å². The van der Waals surface area contributed by atoms with Crippen molar-refractivity contribution in [3.8, 4) is 5.75 Å². The zero-order valence-corrected chi connectivity index (χ0v) is 9.92. The molecule has 0 saturated heterocycles. The maximum absolute atomic E-state index is 5.53. The zero-order valence-electron chi connectivity index (χ0n) is 9.92. The lowest BCUT2D eigenvalue weighted by Crippen LogP contribution is -2.17. The Balaban J connectivity index is 2.55. The number of hydrogen-bond acceptors (Lipinski definition) is 2. The Bertz CT molecular complexity index is 268. The van der Waals surface area contributed by atoms with Crippen molar-refractivity contribution in [1.82, 2.24) is 5.32 Å². The second-order valence-electron chi connectivity index (χ2n) is 3.70. The SMILES string of the molecule is CCCOc1ccc([C@@H](C)NCC)cc1. The van der Waals surface area contributed by atoms with E-state index in [4.69, 9.17) is 4.74 Å². The summed E-state index contributed by atoms with van der Waals surface area (Å²) in [7, 11) is 0. The molecule has 1 aromatic carbocycles. The molecule has 0 aromatic heterocycles. The van der Waals surface area contributed by atoms with Gasteiger partial charge in [-0.1, -0.05) is 26.0 Å². The van der Waals surface area contributed by atoms with E-state index in [-0.39, 0.29) is 0 Å². The maximum atomic E-state index is 5.53. The molecule has 0 heterocycles. The van der Waals surface area contributed by atoms with Crippen LogP contribution in [-0.2, 0) is 0 Å². The Morgan fingerprint density at radius 2 is 1.87 bits per heavy atom. The lowest BCUT2D eigenvalue weighted by Gasteiger charge is -2.13. The van der Waals surface area contributed by atoms with Gasteiger partial charge in [0.1, 0.15) is 5.75 Å². The lowest BCUT2D eigenvalue weighted by molar-refractivity contribution is 0.317. The average molecular weight is 207 g/mol. The zero-order chi connectivity index (χ0) is 11.1. The van der Waals surface area contributed by atoms with Crippen LogP contribution in [0.25, 0.3) is 0 Å². The molecule has 0 unspecified atom stereocenters. The van der Waals surface area contributed by atoms with Gasteiger partial charge in [-0.15, -0.1) is 0 Å². The first-order valence-electron chi connectivity index (χ1n) is 5.74. The number of ether oxygens (including phenoxy) is 1. The summed E-state index contributed by atoms with van der Waals surface area (Å²) in [6.07, 6.45) is 1.05. The molecule has 0 aliphatic heterocycles. The monoisotopic (exact) mass is 207 g/mol. The normalized spacial score (nSPS) is 12.5. The highest BCUT2D eigenvalue weighted by Gasteiger charge is 2.02. The molecule has 1 atom stereocenters. The van der Waals surface area contributed by atoms with Crippen LogP contribution in [0.5, 0.6) is 5.75 Å². The summed E-state index contributed by atoms with van der Waals surface area (Å²) < 4.78 is 5.53. The van der Waals surface area contributed by atoms with Gasteiger partial charge in [-0.2, -0.15) is 0 Å². The molecule has 0 amide bonds. The minimum Gasteiger partial charge on any atom is -0.494 e. The van der Waals surface area contributed by atoms with E-state index in [0.717, 1.165) is 25.3 Å². The summed E-state index contributed by atoms with van der Waals surface area (Å²) in [5, 5.41) is 3.38. The third kappa shape index (κ3) is 3.92. The standard InChI is InChI=1S/C13H21NO/c1-4-10-15-13-8-6-12(7-9-13)11(3)14-5-2/h6-9,11,14H,4-5,10H2,1-3H3/t11-/m1/s1. The van der Waals surface area contributed by atoms with Crippen LogP contribution in [0.3, 0.4) is 0 Å². The predicted octanol–water partition coefficient (Wildman–Crippen LogP) is 3.15. The van der Waals surface area contributed by atoms with Crippen molar-refractivity contribution in [2.24, 2.45) is 0 Å². The van der Waals surface area contributed by atoms with Crippen LogP contribution in [0, 0.1) is 0 Å². The van der Waals surface area contributed by atoms with E-state index in [1.165, 1.54) is 5.56 Å². The van der Waals surface area contributed by atoms with Crippen LogP contribution in [0.1, 0.15) is 38.8 Å². The third-order valence-corrected chi connectivity index (χ3v) is 2.36. The first-order chi connectivity index (χ1) is 7.27. The van der Waals surface area contributed by atoms with Crippen molar-refractivity contribution in [3.63, 3.8) is 0 Å². The summed E-state index contributed by atoms with van der Waals surface area (Å²) in [6, 6.07) is 8.74. The van der Waals surface area contributed by atoms with E-state index >= 15 is 0 Å². The van der Waals surface area contributed by atoms with E-state index in [2.05, 4.69) is 38.2 Å². The summed E-state index contributed by atoms with van der Waals surface area (Å²) in [5.74, 6) is 0.962. The second-order valence-corrected chi connectivity index (χ2v) is 3.70. The molecule has 84 valence electrons. The van der Waals surface area contributed by atoms with Gasteiger partial charge in [0.15, 0.2) is 0 Å². The maximum Gasteiger partial charge on any atom is 0.119 e. The molecule has 0 bridgehead atoms. The Morgan fingerprint density at radius 3 is 2.40 bits per heavy atom. The molecule has 0 aliphatic rings. The van der Waals surface area contributed by atoms with Crippen LogP contribution >= 0.6 is 0 Å². The topological polar surface area (TPSA) is 21.3 Å². The fourth-order valence-electron chi connectivity index (χ4n) is 1.50. The molecular weight excluding hydrogens is 186 g/mol. The first-order valence-corrected chi connectivity index (χ1v) is 5.74. The van der Waals surface area contributed by atoms with Gasteiger partial charge in [0.25, 0.3) is 0 Å². The van der Waals surface area contributed by atoms with Crippen LogP contribution < -0.4 is 10.1 Å². The van der Waals surface area contributed by atoms with Gasteiger partial charge < -0.3 is 10.1 Å². The summed E-state index contributed by atoms with van der Waals surface area (Å²) in [6.45, 7) is 8.19. The van der Waals surface area contributed by atoms with E-state index < -0.39 is 0 Å². The summed E-state index contributed by atoms with van der Waals surface area (Å²) in [5.41, 5.74) is 1.31. The van der Waals surface area contributed by atoms with Gasteiger partial charge >= 0.3 is 0 Å². The van der Waals surface area contributed by atoms with Gasteiger partial charge in [-0.25, -0.2) is 0 Å². The van der Waals surface area contributed by atoms with Crippen LogP contribution in [0.4, 0.5) is 0 Å². The van der Waals surface area contributed by atoms with Crippen molar-refractivity contribution >= 4 is 0 Å². The smallest absolute Gasteiger partial charge is 0.119 e. The van der Waals surface area contributed by atoms with Gasteiger partial charge in [0.05, 0.1) is 6.61 Å². The van der Waals surface area contributed by atoms with E-state index in [9.17, 15) is 0 Å². The average Bonchev–Trinajstić information content (AvgIpc) is 2.27. The number of hydrogen-bond donors (Lipinski definition) is 1. The number of rotatable bonds is 6. The van der Waals surface area contributed by atoms with Crippen LogP contribution in [-0.4, -0.2) is 13.2 Å². The van der Waals surface area contributed by atoms with E-state index in [0.29, 0.717) is 6.04 Å². The molecule has 2 heteroatoms. The molecule has 0 saturated carbocycles. The molecule has 1 rings (SSSR count). The van der Waals surface area contributed by atoms with Gasteiger partial charge in [-0.05, 0) is 37.6 Å². The van der Waals surface area contributed by atoms with Crippen molar-refractivity contribution in [2.75, 3.05) is 13.2 Å². The van der Waals surface area contributed by atoms with Crippen LogP contribution in [0.15, 0.2) is 24.3 Å². The molecule has 0 fully saturated rings. The minimum absolute atomic E-state index is 0.412. The van der Waals surface area contributed by atoms with Crippen molar-refractivity contribution in [2.45, 2.75) is 33.2 Å². The molecule has 0 aliphatic carbocycles. The second kappa shape index (κ2) is 6.46. The Morgan fingerprint density at radius 1 is 1.20 bits per heavy atom. The largest absolute Gasteiger partial charge is 0.494 e. The van der Waals surface area contributed by atoms with Gasteiger partial charge in [0.2, 0.25) is 0 Å². The highest BCUT2D eigenvalue weighted by atomic mass is 16.5. The summed E-state index contributed by atoms with van der Waals surface area (Å²) in [4.78, 5) is 0. The van der Waals surface area contributed by atoms with Crippen molar-refractivity contribution in [1.29, 1.82) is 0 Å². The molecular formula is C13H21NO. The van der Waals surface area contributed by atoms with Gasteiger partial charge in [-0.3, -0.25) is 0 Å². The molecule has 0 radical (unpaired) electrons. The minimum atomic E-state index is 0.412. The predicted molar refractivity (Wildman–Crippen MR) is 64.3 cm³/mol. The third-order valence-electron chi connectivity index (χ3n) is 2.36. The number of nitrogens with one attached hydrogen (secondary N) is 1. The molecule has 1 aromatic rings. The number of benzene rings is 1. The van der Waals surface area contributed by atoms with E-state index in [1.807, 2.05) is 12.1 Å². The highest BCUT2D eigenvalue weighted by molar-refractivity contribution is 5.28. The fourth-order valence-corrected chi connectivity index (χ4v) is 1.50. The Hall–Kier alpha value is -1.02. The quantitative estimate of drug-likeness (QED) is 0.773. The van der Waals surface area contributed by atoms with Crippen molar-refractivity contribution in [3.05, 3.63) is 29.8 Å². The lowest BCUT2D eigenvalue weighted by atomic mass is 10.1. The fraction of sp³-hybridized carbons (Fsp3) is 0.538. The van der Waals surface area contributed by atoms with Gasteiger partial charge in [0, 0.05) is 6.04 Å². The Kier molecular flexibility index (Phi) is 5.19. The highest BCUT2D eigenvalue weighted by Crippen LogP contribution is 2.17. The van der Waals surface area contributed by atoms with E-state index in [1.54, 1.807) is 0 Å². The first kappa shape index (κ1) is 12.1. The molecule has 15 heavy (non-hydrogen) atoms. The summed E-state index contributed by atoms with van der Waals surface area (Å²) >= 11 is 0. The molecule has 0 spiro atoms.